The number of pyridine rings is 1. The number of amides is 1. The number of esters is 1. The monoisotopic (exact) mass is 403 g/mol. The highest BCUT2D eigenvalue weighted by atomic mass is 35.5. The molecule has 0 aliphatic heterocycles. The van der Waals surface area contributed by atoms with Crippen LogP contribution in [0.1, 0.15) is 10.4 Å². The van der Waals surface area contributed by atoms with Crippen LogP contribution in [0.4, 0.5) is 5.69 Å². The number of ether oxygens (including phenoxy) is 1. The van der Waals surface area contributed by atoms with Gasteiger partial charge in [-0.05, 0) is 30.3 Å². The third-order valence-corrected chi connectivity index (χ3v) is 4.53. The van der Waals surface area contributed by atoms with E-state index in [9.17, 15) is 18.0 Å². The molecule has 0 spiro atoms. The number of hydrogen-bond donors (Lipinski definition) is 2. The molecular weight excluding hydrogens is 393 g/mol. The van der Waals surface area contributed by atoms with Crippen molar-refractivity contribution in [2.24, 2.45) is 5.14 Å². The Bertz CT molecular complexity index is 934. The summed E-state index contributed by atoms with van der Waals surface area (Å²) in [5.41, 5.74) is 0.133. The van der Waals surface area contributed by atoms with Crippen LogP contribution in [0, 0.1) is 0 Å². The number of carbonyl (C=O) groups is 2. The highest BCUT2D eigenvalue weighted by molar-refractivity contribution is 7.89. The maximum absolute atomic E-state index is 11.9. The number of rotatable bonds is 5. The number of primary sulfonamides is 1. The van der Waals surface area contributed by atoms with Gasteiger partial charge in [0, 0.05) is 6.20 Å². The molecule has 0 unspecified atom stereocenters. The van der Waals surface area contributed by atoms with Crippen molar-refractivity contribution in [3.63, 3.8) is 0 Å². The van der Waals surface area contributed by atoms with Crippen LogP contribution in [0.25, 0.3) is 0 Å². The highest BCUT2D eigenvalue weighted by Crippen LogP contribution is 2.22. The predicted octanol–water partition coefficient (Wildman–Crippen LogP) is 1.83. The summed E-state index contributed by atoms with van der Waals surface area (Å²) in [5.74, 6) is -1.57. The van der Waals surface area contributed by atoms with Gasteiger partial charge in [-0.3, -0.25) is 4.79 Å². The van der Waals surface area contributed by atoms with Gasteiger partial charge in [-0.15, -0.1) is 0 Å². The first kappa shape index (κ1) is 19.1. The third kappa shape index (κ3) is 5.13. The van der Waals surface area contributed by atoms with Gasteiger partial charge in [-0.25, -0.2) is 23.3 Å². The van der Waals surface area contributed by atoms with E-state index in [1.165, 1.54) is 24.4 Å². The molecule has 25 heavy (non-hydrogen) atoms. The van der Waals surface area contributed by atoms with E-state index in [-0.39, 0.29) is 21.4 Å². The molecule has 0 aliphatic rings. The molecule has 0 radical (unpaired) electrons. The van der Waals surface area contributed by atoms with Crippen LogP contribution in [0.5, 0.6) is 0 Å². The molecular formula is C14H11Cl2N3O5S. The molecule has 0 aliphatic carbocycles. The minimum atomic E-state index is -4.11. The van der Waals surface area contributed by atoms with Gasteiger partial charge in [0.25, 0.3) is 5.91 Å². The molecule has 2 aromatic rings. The average molecular weight is 404 g/mol. The summed E-state index contributed by atoms with van der Waals surface area (Å²) < 4.78 is 27.6. The number of halogens is 2. The molecule has 11 heteroatoms. The van der Waals surface area contributed by atoms with E-state index in [0.717, 1.165) is 6.07 Å². The molecule has 2 rings (SSSR count). The number of aromatic nitrogens is 1. The fourth-order valence-corrected chi connectivity index (χ4v) is 2.97. The maximum atomic E-state index is 11.9. The van der Waals surface area contributed by atoms with E-state index < -0.39 is 33.4 Å². The lowest BCUT2D eigenvalue weighted by Gasteiger charge is -2.08. The Kier molecular flexibility index (Phi) is 5.96. The smallest absolute Gasteiger partial charge is 0.338 e. The van der Waals surface area contributed by atoms with Crippen LogP contribution in [0.15, 0.2) is 41.4 Å². The summed E-state index contributed by atoms with van der Waals surface area (Å²) >= 11 is 11.5. The lowest BCUT2D eigenvalue weighted by molar-refractivity contribution is -0.119. The van der Waals surface area contributed by atoms with Crippen molar-refractivity contribution in [2.45, 2.75) is 4.90 Å². The van der Waals surface area contributed by atoms with Crippen molar-refractivity contribution in [1.82, 2.24) is 4.98 Å². The first-order chi connectivity index (χ1) is 11.7. The largest absolute Gasteiger partial charge is 0.452 e. The Labute approximate surface area is 152 Å². The van der Waals surface area contributed by atoms with Gasteiger partial charge >= 0.3 is 5.97 Å². The Morgan fingerprint density at radius 3 is 2.60 bits per heavy atom. The van der Waals surface area contributed by atoms with Gasteiger partial charge in [0.1, 0.15) is 4.90 Å². The van der Waals surface area contributed by atoms with Gasteiger partial charge in [-0.2, -0.15) is 0 Å². The number of nitrogens with one attached hydrogen (secondary N) is 1. The van der Waals surface area contributed by atoms with Crippen molar-refractivity contribution in [3.8, 4) is 0 Å². The van der Waals surface area contributed by atoms with Crippen LogP contribution in [0.2, 0.25) is 10.2 Å². The quantitative estimate of drug-likeness (QED) is 0.578. The predicted molar refractivity (Wildman–Crippen MR) is 91.0 cm³/mol. The van der Waals surface area contributed by atoms with Crippen molar-refractivity contribution < 1.29 is 22.7 Å². The Hall–Kier alpha value is -2.20. The van der Waals surface area contributed by atoms with Gasteiger partial charge in [0.15, 0.2) is 11.8 Å². The van der Waals surface area contributed by atoms with Gasteiger partial charge in [0.05, 0.1) is 16.3 Å². The van der Waals surface area contributed by atoms with Crippen molar-refractivity contribution in [1.29, 1.82) is 0 Å². The van der Waals surface area contributed by atoms with E-state index in [4.69, 9.17) is 33.1 Å². The normalized spacial score (nSPS) is 11.0. The molecule has 8 nitrogen and oxygen atoms in total. The number of hydrogen-bond acceptors (Lipinski definition) is 6. The van der Waals surface area contributed by atoms with Crippen LogP contribution in [0.3, 0.4) is 0 Å². The fourth-order valence-electron chi connectivity index (χ4n) is 1.73. The van der Waals surface area contributed by atoms with Gasteiger partial charge < -0.3 is 10.1 Å². The fraction of sp³-hybridized carbons (Fsp3) is 0.0714. The van der Waals surface area contributed by atoms with Crippen molar-refractivity contribution in [2.75, 3.05) is 11.9 Å². The second kappa shape index (κ2) is 7.79. The SMILES string of the molecule is NS(=O)(=O)c1cc(C(=O)OCC(=O)Nc2cccnc2Cl)ccc1Cl. The Balaban J connectivity index is 2.03. The van der Waals surface area contributed by atoms with Crippen LogP contribution in [-0.4, -0.2) is 31.9 Å². The number of nitrogens with zero attached hydrogens (tertiary/aromatic N) is 1. The van der Waals surface area contributed by atoms with E-state index in [1.807, 2.05) is 0 Å². The molecule has 1 aromatic heterocycles. The lowest BCUT2D eigenvalue weighted by Crippen LogP contribution is -2.21. The zero-order chi connectivity index (χ0) is 18.6. The van der Waals surface area contributed by atoms with Crippen molar-refractivity contribution >= 4 is 50.8 Å². The van der Waals surface area contributed by atoms with E-state index in [2.05, 4.69) is 10.3 Å². The average Bonchev–Trinajstić information content (AvgIpc) is 2.54. The molecule has 3 N–H and O–H groups in total. The Morgan fingerprint density at radius 2 is 1.96 bits per heavy atom. The lowest BCUT2D eigenvalue weighted by atomic mass is 10.2. The highest BCUT2D eigenvalue weighted by Gasteiger charge is 2.18. The molecule has 0 atom stereocenters. The second-order valence-electron chi connectivity index (χ2n) is 4.66. The molecule has 0 bridgehead atoms. The van der Waals surface area contributed by atoms with E-state index in [1.54, 1.807) is 6.07 Å². The summed E-state index contributed by atoms with van der Waals surface area (Å²) in [6, 6.07) is 6.49. The summed E-state index contributed by atoms with van der Waals surface area (Å²) in [7, 11) is -4.11. The molecule has 1 aromatic carbocycles. The molecule has 132 valence electrons. The summed E-state index contributed by atoms with van der Waals surface area (Å²) in [6.07, 6.45) is 1.45. The summed E-state index contributed by atoms with van der Waals surface area (Å²) in [4.78, 5) is 27.1. The van der Waals surface area contributed by atoms with Gasteiger partial charge in [0.2, 0.25) is 10.0 Å². The van der Waals surface area contributed by atoms with E-state index >= 15 is 0 Å². The molecule has 0 fully saturated rings. The number of carbonyl (C=O) groups excluding carboxylic acids is 2. The number of nitrogens with two attached hydrogens (primary N) is 1. The minimum Gasteiger partial charge on any atom is -0.452 e. The van der Waals surface area contributed by atoms with Crippen molar-refractivity contribution in [3.05, 3.63) is 52.3 Å². The third-order valence-electron chi connectivity index (χ3n) is 2.84. The first-order valence-electron chi connectivity index (χ1n) is 6.58. The molecule has 0 saturated heterocycles. The van der Waals surface area contributed by atoms with E-state index in [0.29, 0.717) is 0 Å². The number of benzene rings is 1. The zero-order valence-electron chi connectivity index (χ0n) is 12.4. The molecule has 1 amide bonds. The molecule has 1 heterocycles. The number of anilines is 1. The summed E-state index contributed by atoms with van der Waals surface area (Å²) in [6.45, 7) is -0.614. The standard InChI is InChI=1S/C14H11Cl2N3O5S/c15-9-4-3-8(6-11(9)25(17,22)23)14(21)24-7-12(20)19-10-2-1-5-18-13(10)16/h1-6H,7H2,(H,19,20)(H2,17,22,23). The number of sulfonamides is 1. The van der Waals surface area contributed by atoms with Crippen LogP contribution < -0.4 is 10.5 Å². The van der Waals surface area contributed by atoms with Gasteiger partial charge in [-0.1, -0.05) is 23.2 Å². The zero-order valence-corrected chi connectivity index (χ0v) is 14.7. The first-order valence-corrected chi connectivity index (χ1v) is 8.88. The minimum absolute atomic E-state index is 0.0812. The topological polar surface area (TPSA) is 128 Å². The summed E-state index contributed by atoms with van der Waals surface area (Å²) in [5, 5.41) is 7.36. The Morgan fingerprint density at radius 1 is 1.24 bits per heavy atom. The molecule has 0 saturated carbocycles. The maximum Gasteiger partial charge on any atom is 0.338 e. The van der Waals surface area contributed by atoms with Crippen LogP contribution >= 0.6 is 23.2 Å². The van der Waals surface area contributed by atoms with Crippen LogP contribution in [-0.2, 0) is 19.6 Å². The second-order valence-corrected chi connectivity index (χ2v) is 6.95.